The van der Waals surface area contributed by atoms with Crippen LogP contribution in [-0.4, -0.2) is 17.0 Å². The fourth-order valence-electron chi connectivity index (χ4n) is 1.47. The van der Waals surface area contributed by atoms with E-state index in [4.69, 9.17) is 0 Å². The van der Waals surface area contributed by atoms with Crippen LogP contribution < -0.4 is 5.32 Å². The van der Waals surface area contributed by atoms with Gasteiger partial charge in [-0.05, 0) is 11.4 Å². The average Bonchev–Trinajstić information content (AvgIpc) is 2.80. The van der Waals surface area contributed by atoms with Crippen LogP contribution in [0.2, 0.25) is 0 Å². The molecule has 2 aromatic heterocycles. The molecule has 4 heteroatoms. The Bertz CT molecular complexity index is 498. The molecular formula is C13H17N3S. The molecule has 0 spiro atoms. The first kappa shape index (κ1) is 12.0. The normalized spacial score (nSPS) is 11.5. The molecule has 0 fully saturated rings. The molecule has 90 valence electrons. The molecule has 0 atom stereocenters. The van der Waals surface area contributed by atoms with Crippen molar-refractivity contribution in [1.82, 2.24) is 9.97 Å². The molecule has 2 aromatic rings. The summed E-state index contributed by atoms with van der Waals surface area (Å²) in [6.45, 7) is 6.37. The molecule has 17 heavy (non-hydrogen) atoms. The topological polar surface area (TPSA) is 37.8 Å². The second-order valence-corrected chi connectivity index (χ2v) is 5.75. The van der Waals surface area contributed by atoms with Crippen LogP contribution in [0.4, 0.5) is 5.82 Å². The first-order valence-corrected chi connectivity index (χ1v) is 6.55. The first-order valence-electron chi connectivity index (χ1n) is 5.60. The van der Waals surface area contributed by atoms with Gasteiger partial charge in [-0.15, -0.1) is 0 Å². The van der Waals surface area contributed by atoms with Gasteiger partial charge in [0.2, 0.25) is 0 Å². The number of aromatic nitrogens is 2. The number of rotatable bonds is 2. The van der Waals surface area contributed by atoms with E-state index in [1.54, 1.807) is 11.3 Å². The minimum Gasteiger partial charge on any atom is -0.373 e. The lowest BCUT2D eigenvalue weighted by molar-refractivity contribution is 0.547. The van der Waals surface area contributed by atoms with Gasteiger partial charge in [-0.1, -0.05) is 20.8 Å². The van der Waals surface area contributed by atoms with Crippen molar-refractivity contribution in [3.8, 4) is 11.3 Å². The number of anilines is 1. The van der Waals surface area contributed by atoms with E-state index >= 15 is 0 Å². The highest BCUT2D eigenvalue weighted by molar-refractivity contribution is 7.08. The summed E-state index contributed by atoms with van der Waals surface area (Å²) in [5.41, 5.74) is 2.09. The fraction of sp³-hybridized carbons (Fsp3) is 0.385. The van der Waals surface area contributed by atoms with Crippen molar-refractivity contribution in [2.24, 2.45) is 0 Å². The van der Waals surface area contributed by atoms with Crippen LogP contribution in [0.15, 0.2) is 22.9 Å². The van der Waals surface area contributed by atoms with Crippen molar-refractivity contribution in [3.05, 3.63) is 28.7 Å². The SMILES string of the molecule is CNc1cc(-c2ccsc2)nc(C(C)(C)C)n1. The first-order chi connectivity index (χ1) is 8.00. The second kappa shape index (κ2) is 4.45. The summed E-state index contributed by atoms with van der Waals surface area (Å²) >= 11 is 1.68. The molecule has 0 amide bonds. The van der Waals surface area contributed by atoms with E-state index in [0.717, 1.165) is 22.9 Å². The van der Waals surface area contributed by atoms with Gasteiger partial charge in [-0.3, -0.25) is 0 Å². The molecule has 0 radical (unpaired) electrons. The Morgan fingerprint density at radius 2 is 2.00 bits per heavy atom. The predicted molar refractivity (Wildman–Crippen MR) is 73.6 cm³/mol. The molecule has 0 unspecified atom stereocenters. The summed E-state index contributed by atoms with van der Waals surface area (Å²) in [5.74, 6) is 1.73. The van der Waals surface area contributed by atoms with Crippen molar-refractivity contribution < 1.29 is 0 Å². The van der Waals surface area contributed by atoms with Gasteiger partial charge in [0.05, 0.1) is 5.69 Å². The highest BCUT2D eigenvalue weighted by atomic mass is 32.1. The summed E-state index contributed by atoms with van der Waals surface area (Å²) in [6.07, 6.45) is 0. The van der Waals surface area contributed by atoms with E-state index in [1.165, 1.54) is 0 Å². The number of hydrogen-bond donors (Lipinski definition) is 1. The molecule has 0 aromatic carbocycles. The smallest absolute Gasteiger partial charge is 0.136 e. The van der Waals surface area contributed by atoms with E-state index < -0.39 is 0 Å². The Kier molecular flexibility index (Phi) is 3.15. The Hall–Kier alpha value is -1.42. The average molecular weight is 247 g/mol. The van der Waals surface area contributed by atoms with E-state index in [-0.39, 0.29) is 5.41 Å². The van der Waals surface area contributed by atoms with Crippen LogP contribution in [0.3, 0.4) is 0 Å². The molecule has 0 saturated heterocycles. The van der Waals surface area contributed by atoms with Crippen molar-refractivity contribution in [2.75, 3.05) is 12.4 Å². The van der Waals surface area contributed by atoms with Crippen LogP contribution in [0, 0.1) is 0 Å². The van der Waals surface area contributed by atoms with Gasteiger partial charge in [0.15, 0.2) is 0 Å². The second-order valence-electron chi connectivity index (χ2n) is 4.97. The van der Waals surface area contributed by atoms with Crippen molar-refractivity contribution in [2.45, 2.75) is 26.2 Å². The highest BCUT2D eigenvalue weighted by Crippen LogP contribution is 2.26. The van der Waals surface area contributed by atoms with Gasteiger partial charge in [-0.25, -0.2) is 9.97 Å². The van der Waals surface area contributed by atoms with Crippen LogP contribution >= 0.6 is 11.3 Å². The van der Waals surface area contributed by atoms with Gasteiger partial charge in [0.25, 0.3) is 0 Å². The predicted octanol–water partition coefficient (Wildman–Crippen LogP) is 3.54. The van der Waals surface area contributed by atoms with E-state index in [0.29, 0.717) is 0 Å². The maximum atomic E-state index is 4.65. The minimum absolute atomic E-state index is 0.0440. The number of nitrogens with zero attached hydrogens (tertiary/aromatic N) is 2. The molecule has 0 bridgehead atoms. The summed E-state index contributed by atoms with van der Waals surface area (Å²) in [6, 6.07) is 4.07. The third-order valence-corrected chi connectivity index (χ3v) is 3.15. The van der Waals surface area contributed by atoms with E-state index in [9.17, 15) is 0 Å². The quantitative estimate of drug-likeness (QED) is 0.882. The van der Waals surface area contributed by atoms with Crippen molar-refractivity contribution in [3.63, 3.8) is 0 Å². The van der Waals surface area contributed by atoms with E-state index in [2.05, 4.69) is 52.9 Å². The van der Waals surface area contributed by atoms with Gasteiger partial charge in [-0.2, -0.15) is 11.3 Å². The summed E-state index contributed by atoms with van der Waals surface area (Å²) < 4.78 is 0. The lowest BCUT2D eigenvalue weighted by atomic mass is 9.95. The summed E-state index contributed by atoms with van der Waals surface area (Å²) in [4.78, 5) is 9.16. The number of hydrogen-bond acceptors (Lipinski definition) is 4. The monoisotopic (exact) mass is 247 g/mol. The van der Waals surface area contributed by atoms with Crippen LogP contribution in [-0.2, 0) is 5.41 Å². The van der Waals surface area contributed by atoms with Gasteiger partial charge < -0.3 is 5.32 Å². The molecule has 0 aliphatic carbocycles. The molecule has 3 nitrogen and oxygen atoms in total. The highest BCUT2D eigenvalue weighted by Gasteiger charge is 2.19. The zero-order chi connectivity index (χ0) is 12.5. The summed E-state index contributed by atoms with van der Waals surface area (Å²) in [5, 5.41) is 7.26. The van der Waals surface area contributed by atoms with Crippen LogP contribution in [0.25, 0.3) is 11.3 Å². The Labute approximate surface area is 106 Å². The summed E-state index contributed by atoms with van der Waals surface area (Å²) in [7, 11) is 1.88. The van der Waals surface area contributed by atoms with Gasteiger partial charge >= 0.3 is 0 Å². The Morgan fingerprint density at radius 1 is 1.24 bits per heavy atom. The lowest BCUT2D eigenvalue weighted by Crippen LogP contribution is -2.17. The Morgan fingerprint density at radius 3 is 2.53 bits per heavy atom. The molecule has 1 N–H and O–H groups in total. The Balaban J connectivity index is 2.54. The molecule has 0 aliphatic heterocycles. The van der Waals surface area contributed by atoms with E-state index in [1.807, 2.05) is 13.1 Å². The number of thiophene rings is 1. The zero-order valence-corrected chi connectivity index (χ0v) is 11.4. The molecule has 0 aliphatic rings. The van der Waals surface area contributed by atoms with Gasteiger partial charge in [0, 0.05) is 29.5 Å². The standard InChI is InChI=1S/C13H17N3S/c1-13(2,3)12-15-10(7-11(14-4)16-12)9-5-6-17-8-9/h5-8H,1-4H3,(H,14,15,16). The van der Waals surface area contributed by atoms with Gasteiger partial charge in [0.1, 0.15) is 11.6 Å². The van der Waals surface area contributed by atoms with Crippen molar-refractivity contribution >= 4 is 17.2 Å². The lowest BCUT2D eigenvalue weighted by Gasteiger charge is -2.18. The van der Waals surface area contributed by atoms with Crippen LogP contribution in [0.1, 0.15) is 26.6 Å². The fourth-order valence-corrected chi connectivity index (χ4v) is 2.12. The third-order valence-electron chi connectivity index (χ3n) is 2.47. The maximum Gasteiger partial charge on any atom is 0.136 e. The molecule has 2 heterocycles. The molecule has 0 saturated carbocycles. The van der Waals surface area contributed by atoms with Crippen molar-refractivity contribution in [1.29, 1.82) is 0 Å². The molecular weight excluding hydrogens is 230 g/mol. The maximum absolute atomic E-state index is 4.65. The largest absolute Gasteiger partial charge is 0.373 e. The number of nitrogens with one attached hydrogen (secondary N) is 1. The third kappa shape index (κ3) is 2.64. The molecule has 2 rings (SSSR count). The minimum atomic E-state index is -0.0440. The zero-order valence-electron chi connectivity index (χ0n) is 10.6. The van der Waals surface area contributed by atoms with Crippen LogP contribution in [0.5, 0.6) is 0 Å².